The highest BCUT2D eigenvalue weighted by atomic mass is 16.5. The molecule has 1 aliphatic rings. The predicted molar refractivity (Wildman–Crippen MR) is 99.9 cm³/mol. The van der Waals surface area contributed by atoms with Crippen molar-refractivity contribution in [2.24, 2.45) is 4.99 Å². The number of aliphatic imine (C=N–C) groups is 1. The number of nitrogens with zero attached hydrogens (tertiary/aromatic N) is 3. The molecule has 7 heteroatoms. The van der Waals surface area contributed by atoms with Crippen LogP contribution in [0.25, 0.3) is 0 Å². The maximum Gasteiger partial charge on any atom is 0.213 e. The van der Waals surface area contributed by atoms with Gasteiger partial charge in [0, 0.05) is 32.1 Å². The minimum absolute atomic E-state index is 0.0222. The summed E-state index contributed by atoms with van der Waals surface area (Å²) < 4.78 is 11.1. The molecule has 0 bridgehead atoms. The number of unbranched alkanes of at least 4 members (excludes halogenated alkanes) is 1. The summed E-state index contributed by atoms with van der Waals surface area (Å²) in [5.41, 5.74) is -0.0222. The largest absolute Gasteiger partial charge is 0.443 e. The molecule has 2 rings (SSSR count). The van der Waals surface area contributed by atoms with Gasteiger partial charge in [-0.3, -0.25) is 9.89 Å². The van der Waals surface area contributed by atoms with E-state index in [0.717, 1.165) is 57.5 Å². The van der Waals surface area contributed by atoms with Crippen molar-refractivity contribution in [2.45, 2.75) is 45.6 Å². The summed E-state index contributed by atoms with van der Waals surface area (Å²) in [4.78, 5) is 11.0. The molecule has 1 aliphatic heterocycles. The fourth-order valence-corrected chi connectivity index (χ4v) is 2.61. The van der Waals surface area contributed by atoms with Crippen molar-refractivity contribution >= 4 is 5.96 Å². The van der Waals surface area contributed by atoms with Crippen molar-refractivity contribution in [3.8, 4) is 0 Å². The van der Waals surface area contributed by atoms with Crippen molar-refractivity contribution in [2.75, 3.05) is 46.4 Å². The van der Waals surface area contributed by atoms with Crippen LogP contribution in [0.2, 0.25) is 0 Å². The molecule has 1 saturated heterocycles. The van der Waals surface area contributed by atoms with Crippen LogP contribution in [0, 0.1) is 0 Å². The summed E-state index contributed by atoms with van der Waals surface area (Å²) in [6.07, 6.45) is 4.10. The Labute approximate surface area is 151 Å². The van der Waals surface area contributed by atoms with Crippen molar-refractivity contribution in [3.63, 3.8) is 0 Å². The van der Waals surface area contributed by atoms with E-state index >= 15 is 0 Å². The molecule has 0 unspecified atom stereocenters. The number of morpholine rings is 1. The number of nitrogens with one attached hydrogen (secondary N) is 2. The van der Waals surface area contributed by atoms with E-state index in [4.69, 9.17) is 9.15 Å². The van der Waals surface area contributed by atoms with E-state index in [0.29, 0.717) is 12.4 Å². The highest BCUT2D eigenvalue weighted by Crippen LogP contribution is 2.22. The lowest BCUT2D eigenvalue weighted by Crippen LogP contribution is -2.38. The van der Waals surface area contributed by atoms with Gasteiger partial charge in [0.1, 0.15) is 5.76 Å². The summed E-state index contributed by atoms with van der Waals surface area (Å²) in [6, 6.07) is 0. The third kappa shape index (κ3) is 7.04. The maximum absolute atomic E-state index is 5.78. The first-order valence-electron chi connectivity index (χ1n) is 9.19. The lowest BCUT2D eigenvalue weighted by atomic mass is 9.94. The first-order chi connectivity index (χ1) is 12.0. The predicted octanol–water partition coefficient (Wildman–Crippen LogP) is 1.75. The second-order valence-corrected chi connectivity index (χ2v) is 7.38. The Morgan fingerprint density at radius 1 is 1.24 bits per heavy atom. The molecule has 0 radical (unpaired) electrons. The number of oxazole rings is 1. The van der Waals surface area contributed by atoms with Crippen LogP contribution in [0.3, 0.4) is 0 Å². The van der Waals surface area contributed by atoms with Gasteiger partial charge >= 0.3 is 0 Å². The number of rotatable bonds is 7. The molecule has 0 aromatic carbocycles. The van der Waals surface area contributed by atoms with E-state index in [1.807, 2.05) is 0 Å². The minimum atomic E-state index is -0.0222. The third-order valence-corrected chi connectivity index (χ3v) is 4.22. The number of hydrogen-bond donors (Lipinski definition) is 2. The molecule has 0 atom stereocenters. The number of hydrogen-bond acceptors (Lipinski definition) is 5. The molecule has 7 nitrogen and oxygen atoms in total. The van der Waals surface area contributed by atoms with Gasteiger partial charge in [-0.05, 0) is 19.4 Å². The average molecular weight is 351 g/mol. The first-order valence-corrected chi connectivity index (χ1v) is 9.19. The van der Waals surface area contributed by atoms with Crippen LogP contribution >= 0.6 is 0 Å². The molecule has 2 heterocycles. The second-order valence-electron chi connectivity index (χ2n) is 7.38. The molecule has 0 amide bonds. The SMILES string of the molecule is CN=C(NCCCCN1CCOCC1)NCc1ncc(C(C)(C)C)o1. The van der Waals surface area contributed by atoms with Gasteiger partial charge in [-0.2, -0.15) is 0 Å². The summed E-state index contributed by atoms with van der Waals surface area (Å²) in [7, 11) is 1.78. The molecule has 2 N–H and O–H groups in total. The van der Waals surface area contributed by atoms with Gasteiger partial charge in [0.15, 0.2) is 5.96 Å². The standard InChI is InChI=1S/C18H33N5O2/c1-18(2,3)15-13-21-16(25-15)14-22-17(19-4)20-7-5-6-8-23-9-11-24-12-10-23/h13H,5-12,14H2,1-4H3,(H2,19,20,22). The molecule has 1 aromatic rings. The molecular weight excluding hydrogens is 318 g/mol. The molecule has 0 aliphatic carbocycles. The Hall–Kier alpha value is -1.60. The summed E-state index contributed by atoms with van der Waals surface area (Å²) >= 11 is 0. The zero-order chi connectivity index (χ0) is 18.1. The number of aromatic nitrogens is 1. The molecule has 25 heavy (non-hydrogen) atoms. The quantitative estimate of drug-likeness (QED) is 0.443. The summed E-state index contributed by atoms with van der Waals surface area (Å²) in [5, 5.41) is 6.59. The molecule has 0 saturated carbocycles. The average Bonchev–Trinajstić information content (AvgIpc) is 3.07. The molecular formula is C18H33N5O2. The summed E-state index contributed by atoms with van der Waals surface area (Å²) in [5.74, 6) is 2.36. The number of guanidine groups is 1. The topological polar surface area (TPSA) is 74.9 Å². The van der Waals surface area contributed by atoms with Gasteiger partial charge in [-0.15, -0.1) is 0 Å². The van der Waals surface area contributed by atoms with Crippen LogP contribution < -0.4 is 10.6 Å². The monoisotopic (exact) mass is 351 g/mol. The first kappa shape index (κ1) is 19.7. The van der Waals surface area contributed by atoms with Crippen LogP contribution in [-0.2, 0) is 16.7 Å². The van der Waals surface area contributed by atoms with E-state index in [1.54, 1.807) is 13.2 Å². The van der Waals surface area contributed by atoms with Gasteiger partial charge in [0.2, 0.25) is 5.89 Å². The zero-order valence-electron chi connectivity index (χ0n) is 16.1. The Kier molecular flexibility index (Phi) is 7.71. The molecule has 1 aromatic heterocycles. The van der Waals surface area contributed by atoms with Crippen LogP contribution in [0.4, 0.5) is 0 Å². The van der Waals surface area contributed by atoms with E-state index in [2.05, 4.69) is 46.3 Å². The lowest BCUT2D eigenvalue weighted by molar-refractivity contribution is 0.0372. The minimum Gasteiger partial charge on any atom is -0.443 e. The maximum atomic E-state index is 5.78. The van der Waals surface area contributed by atoms with Crippen molar-refractivity contribution in [1.82, 2.24) is 20.5 Å². The van der Waals surface area contributed by atoms with E-state index in [-0.39, 0.29) is 5.41 Å². The second kappa shape index (κ2) is 9.77. The highest BCUT2D eigenvalue weighted by Gasteiger charge is 2.19. The normalized spacial score (nSPS) is 16.9. The lowest BCUT2D eigenvalue weighted by Gasteiger charge is -2.26. The van der Waals surface area contributed by atoms with Gasteiger partial charge in [0.25, 0.3) is 0 Å². The van der Waals surface area contributed by atoms with E-state index in [1.165, 1.54) is 6.42 Å². The third-order valence-electron chi connectivity index (χ3n) is 4.22. The van der Waals surface area contributed by atoms with Gasteiger partial charge in [-0.25, -0.2) is 4.98 Å². The molecule has 1 fully saturated rings. The zero-order valence-corrected chi connectivity index (χ0v) is 16.1. The number of ether oxygens (including phenoxy) is 1. The Morgan fingerprint density at radius 3 is 2.64 bits per heavy atom. The van der Waals surface area contributed by atoms with Crippen LogP contribution in [0.15, 0.2) is 15.6 Å². The van der Waals surface area contributed by atoms with Crippen molar-refractivity contribution in [3.05, 3.63) is 17.8 Å². The van der Waals surface area contributed by atoms with Crippen LogP contribution in [-0.4, -0.2) is 62.3 Å². The fourth-order valence-electron chi connectivity index (χ4n) is 2.61. The Bertz CT molecular complexity index is 530. The van der Waals surface area contributed by atoms with Gasteiger partial charge in [0.05, 0.1) is 26.0 Å². The molecule has 142 valence electrons. The van der Waals surface area contributed by atoms with Crippen molar-refractivity contribution in [1.29, 1.82) is 0 Å². The van der Waals surface area contributed by atoms with Crippen LogP contribution in [0.1, 0.15) is 45.3 Å². The van der Waals surface area contributed by atoms with Crippen molar-refractivity contribution < 1.29 is 9.15 Å². The smallest absolute Gasteiger partial charge is 0.213 e. The van der Waals surface area contributed by atoms with E-state index < -0.39 is 0 Å². The van der Waals surface area contributed by atoms with E-state index in [9.17, 15) is 0 Å². The fraction of sp³-hybridized carbons (Fsp3) is 0.778. The highest BCUT2D eigenvalue weighted by molar-refractivity contribution is 5.79. The Balaban J connectivity index is 1.61. The summed E-state index contributed by atoms with van der Waals surface area (Å²) in [6.45, 7) is 12.8. The van der Waals surface area contributed by atoms with Gasteiger partial charge in [-0.1, -0.05) is 20.8 Å². The van der Waals surface area contributed by atoms with Gasteiger partial charge < -0.3 is 19.8 Å². The van der Waals surface area contributed by atoms with Crippen LogP contribution in [0.5, 0.6) is 0 Å². The molecule has 0 spiro atoms. The Morgan fingerprint density at radius 2 is 2.00 bits per heavy atom.